The van der Waals surface area contributed by atoms with Crippen LogP contribution in [0, 0.1) is 11.3 Å². The smallest absolute Gasteiger partial charge is 0.405 e. The van der Waals surface area contributed by atoms with Gasteiger partial charge in [-0.2, -0.15) is 0 Å². The number of ketones is 1. The summed E-state index contributed by atoms with van der Waals surface area (Å²) in [5.74, 6) is -0.631. The van der Waals surface area contributed by atoms with E-state index in [1.807, 2.05) is 0 Å². The molecule has 1 atom stereocenters. The van der Waals surface area contributed by atoms with Crippen LogP contribution in [0.1, 0.15) is 27.2 Å². The Hall–Kier alpha value is -1.39. The summed E-state index contributed by atoms with van der Waals surface area (Å²) in [5, 5.41) is 6.78. The van der Waals surface area contributed by atoms with Crippen molar-refractivity contribution in [1.29, 1.82) is 5.41 Å². The molecule has 14 heavy (non-hydrogen) atoms. The molecule has 0 saturated heterocycles. The summed E-state index contributed by atoms with van der Waals surface area (Å²) < 4.78 is 4.81. The summed E-state index contributed by atoms with van der Waals surface area (Å²) >= 11 is 0. The molecule has 1 amide bonds. The van der Waals surface area contributed by atoms with E-state index in [1.165, 1.54) is 0 Å². The quantitative estimate of drug-likeness (QED) is 0.651. The van der Waals surface area contributed by atoms with Gasteiger partial charge in [0.2, 0.25) is 0 Å². The third-order valence-corrected chi connectivity index (χ3v) is 1.80. The Morgan fingerprint density at radius 1 is 1.57 bits per heavy atom. The summed E-state index contributed by atoms with van der Waals surface area (Å²) in [4.78, 5) is 21.6. The Morgan fingerprint density at radius 2 is 2.07 bits per heavy atom. The van der Waals surface area contributed by atoms with Gasteiger partial charge in [0, 0.05) is 5.92 Å². The number of nitrogens with one attached hydrogen (secondary N) is 1. The van der Waals surface area contributed by atoms with Gasteiger partial charge in [0.1, 0.15) is 5.60 Å². The first-order chi connectivity index (χ1) is 6.28. The van der Waals surface area contributed by atoms with Crippen molar-refractivity contribution < 1.29 is 14.3 Å². The largest absolute Gasteiger partial charge is 0.444 e. The van der Waals surface area contributed by atoms with E-state index in [1.54, 1.807) is 20.8 Å². The zero-order chi connectivity index (χ0) is 11.4. The highest BCUT2D eigenvalue weighted by molar-refractivity contribution is 6.27. The highest BCUT2D eigenvalue weighted by Gasteiger charge is 2.26. The molecule has 0 rings (SSSR count). The molecule has 0 aliphatic carbocycles. The monoisotopic (exact) mass is 200 g/mol. The molecule has 0 saturated carbocycles. The van der Waals surface area contributed by atoms with Gasteiger partial charge in [-0.1, -0.05) is 6.92 Å². The summed E-state index contributed by atoms with van der Waals surface area (Å²) in [6, 6.07) is 0. The van der Waals surface area contributed by atoms with Crippen molar-refractivity contribution in [2.75, 3.05) is 0 Å². The van der Waals surface area contributed by atoms with Crippen molar-refractivity contribution in [2.24, 2.45) is 11.7 Å². The zero-order valence-corrected chi connectivity index (χ0v) is 8.66. The number of primary amides is 1. The van der Waals surface area contributed by atoms with Crippen LogP contribution in [-0.4, -0.2) is 23.7 Å². The molecule has 0 bridgehead atoms. The van der Waals surface area contributed by atoms with Crippen molar-refractivity contribution in [3.63, 3.8) is 0 Å². The number of nitrogens with two attached hydrogens (primary N) is 1. The van der Waals surface area contributed by atoms with Crippen LogP contribution in [-0.2, 0) is 9.53 Å². The molecule has 80 valence electrons. The van der Waals surface area contributed by atoms with E-state index in [-0.39, 0.29) is 11.7 Å². The van der Waals surface area contributed by atoms with E-state index in [0.717, 1.165) is 6.21 Å². The third-order valence-electron chi connectivity index (χ3n) is 1.80. The first-order valence-electron chi connectivity index (χ1n) is 4.31. The molecule has 5 nitrogen and oxygen atoms in total. The van der Waals surface area contributed by atoms with Gasteiger partial charge in [-0.25, -0.2) is 4.79 Å². The average Bonchev–Trinajstić information content (AvgIpc) is 1.99. The number of rotatable bonds is 5. The fourth-order valence-electron chi connectivity index (χ4n) is 1.29. The lowest BCUT2D eigenvalue weighted by Crippen LogP contribution is -2.34. The van der Waals surface area contributed by atoms with Crippen LogP contribution < -0.4 is 5.73 Å². The highest BCUT2D eigenvalue weighted by Crippen LogP contribution is 2.20. The molecular weight excluding hydrogens is 184 g/mol. The number of carbonyl (C=O) groups is 2. The number of ether oxygens (including phenoxy) is 1. The van der Waals surface area contributed by atoms with Gasteiger partial charge in [0.25, 0.3) is 0 Å². The van der Waals surface area contributed by atoms with E-state index in [4.69, 9.17) is 15.9 Å². The fraction of sp³-hybridized carbons (Fsp3) is 0.667. The van der Waals surface area contributed by atoms with Crippen LogP contribution in [0.25, 0.3) is 0 Å². The van der Waals surface area contributed by atoms with Gasteiger partial charge in [-0.3, -0.25) is 4.79 Å². The highest BCUT2D eigenvalue weighted by atomic mass is 16.6. The van der Waals surface area contributed by atoms with Crippen molar-refractivity contribution >= 4 is 18.1 Å². The third kappa shape index (κ3) is 4.59. The van der Waals surface area contributed by atoms with Crippen LogP contribution in [0.15, 0.2) is 0 Å². The molecule has 0 spiro atoms. The van der Waals surface area contributed by atoms with E-state index in [0.29, 0.717) is 6.42 Å². The molecule has 0 fully saturated rings. The SMILES string of the molecule is C[C@@H](CC(C)(C)OC(N)=O)C(=O)C=N. The molecule has 0 radical (unpaired) electrons. The summed E-state index contributed by atoms with van der Waals surface area (Å²) in [5.41, 5.74) is 4.10. The molecule has 3 N–H and O–H groups in total. The van der Waals surface area contributed by atoms with Gasteiger partial charge in [-0.05, 0) is 20.3 Å². The van der Waals surface area contributed by atoms with Crippen LogP contribution in [0.5, 0.6) is 0 Å². The number of amides is 1. The molecule has 0 heterocycles. The second-order valence-corrected chi connectivity index (χ2v) is 3.83. The van der Waals surface area contributed by atoms with Gasteiger partial charge in [0.05, 0.1) is 6.21 Å². The topological polar surface area (TPSA) is 93.2 Å². The minimum absolute atomic E-state index is 0.286. The Kier molecular flexibility index (Phi) is 4.27. The predicted octanol–water partition coefficient (Wildman–Crippen LogP) is 1.11. The maximum atomic E-state index is 11.1. The predicted molar refractivity (Wildman–Crippen MR) is 52.3 cm³/mol. The summed E-state index contributed by atoms with van der Waals surface area (Å²) in [7, 11) is 0. The Bertz CT molecular complexity index is 248. The number of carbonyl (C=O) groups excluding carboxylic acids is 2. The lowest BCUT2D eigenvalue weighted by Gasteiger charge is -2.26. The molecular formula is C9H16N2O3. The van der Waals surface area contributed by atoms with Crippen molar-refractivity contribution in [2.45, 2.75) is 32.8 Å². The molecule has 0 aromatic carbocycles. The first-order valence-corrected chi connectivity index (χ1v) is 4.31. The Morgan fingerprint density at radius 3 is 2.43 bits per heavy atom. The Labute approximate surface area is 83.1 Å². The first kappa shape index (κ1) is 12.6. The molecule has 0 aromatic heterocycles. The van der Waals surface area contributed by atoms with Gasteiger partial charge >= 0.3 is 6.09 Å². The molecule has 0 aliphatic heterocycles. The fourth-order valence-corrected chi connectivity index (χ4v) is 1.29. The second-order valence-electron chi connectivity index (χ2n) is 3.83. The molecule has 0 aromatic rings. The van der Waals surface area contributed by atoms with Crippen LogP contribution in [0.3, 0.4) is 0 Å². The lowest BCUT2D eigenvalue weighted by molar-refractivity contribution is -0.117. The van der Waals surface area contributed by atoms with Crippen molar-refractivity contribution in [1.82, 2.24) is 0 Å². The molecule has 0 aliphatic rings. The van der Waals surface area contributed by atoms with Crippen LogP contribution >= 0.6 is 0 Å². The van der Waals surface area contributed by atoms with Crippen molar-refractivity contribution in [3.8, 4) is 0 Å². The average molecular weight is 200 g/mol. The van der Waals surface area contributed by atoms with E-state index >= 15 is 0 Å². The molecule has 5 heteroatoms. The standard InChI is InChI=1S/C9H16N2O3/c1-6(7(12)5-10)4-9(2,3)14-8(11)13/h5-6,10H,4H2,1-3H3,(H2,11,13)/t6-/m0/s1. The summed E-state index contributed by atoms with van der Waals surface area (Å²) in [6.45, 7) is 5.02. The van der Waals surface area contributed by atoms with E-state index < -0.39 is 11.7 Å². The minimum Gasteiger partial charge on any atom is -0.444 e. The van der Waals surface area contributed by atoms with Crippen LogP contribution in [0.4, 0.5) is 4.79 Å². The summed E-state index contributed by atoms with van der Waals surface area (Å²) in [6.07, 6.45) is 0.263. The van der Waals surface area contributed by atoms with E-state index in [2.05, 4.69) is 0 Å². The van der Waals surface area contributed by atoms with Crippen LogP contribution in [0.2, 0.25) is 0 Å². The van der Waals surface area contributed by atoms with Gasteiger partial charge in [0.15, 0.2) is 5.78 Å². The molecule has 0 unspecified atom stereocenters. The maximum absolute atomic E-state index is 11.1. The van der Waals surface area contributed by atoms with Gasteiger partial charge in [-0.15, -0.1) is 0 Å². The number of hydrogen-bond acceptors (Lipinski definition) is 4. The Balaban J connectivity index is 4.27. The van der Waals surface area contributed by atoms with E-state index in [9.17, 15) is 9.59 Å². The van der Waals surface area contributed by atoms with Crippen molar-refractivity contribution in [3.05, 3.63) is 0 Å². The second kappa shape index (κ2) is 4.74. The normalized spacial score (nSPS) is 13.1. The number of Topliss-reactive ketones (excluding diaryl/α,β-unsaturated/α-hetero) is 1. The van der Waals surface area contributed by atoms with Gasteiger partial charge < -0.3 is 15.9 Å². The number of hydrogen-bond donors (Lipinski definition) is 2. The lowest BCUT2D eigenvalue weighted by atomic mass is 9.92. The minimum atomic E-state index is -0.857. The maximum Gasteiger partial charge on any atom is 0.405 e. The zero-order valence-electron chi connectivity index (χ0n) is 8.66.